The zero-order valence-corrected chi connectivity index (χ0v) is 18.8. The van der Waals surface area contributed by atoms with Gasteiger partial charge in [0.25, 0.3) is 0 Å². The van der Waals surface area contributed by atoms with E-state index in [-0.39, 0.29) is 12.3 Å². The van der Waals surface area contributed by atoms with E-state index in [2.05, 4.69) is 19.9 Å². The number of oxazole rings is 1. The van der Waals surface area contributed by atoms with Crippen molar-refractivity contribution in [2.75, 3.05) is 13.1 Å². The fraction of sp³-hybridized carbons (Fsp3) is 0.391. The Hall–Kier alpha value is -3.20. The van der Waals surface area contributed by atoms with Gasteiger partial charge in [-0.05, 0) is 31.9 Å². The van der Waals surface area contributed by atoms with Crippen molar-refractivity contribution in [1.29, 1.82) is 0 Å². The number of rotatable bonds is 6. The number of hydrogen-bond acceptors (Lipinski definition) is 6. The maximum Gasteiger partial charge on any atom is 0.419 e. The van der Waals surface area contributed by atoms with Crippen LogP contribution in [0.3, 0.4) is 0 Å². The van der Waals surface area contributed by atoms with Gasteiger partial charge < -0.3 is 13.9 Å². The highest BCUT2D eigenvalue weighted by molar-refractivity contribution is 7.09. The molecule has 0 bridgehead atoms. The van der Waals surface area contributed by atoms with E-state index in [0.29, 0.717) is 31.1 Å². The minimum atomic E-state index is -0.417. The maximum atomic E-state index is 12.8. The molecule has 0 N–H and O–H groups in total. The first-order chi connectivity index (χ1) is 15.6. The molecule has 8 nitrogen and oxygen atoms in total. The zero-order chi connectivity index (χ0) is 22.1. The van der Waals surface area contributed by atoms with Gasteiger partial charge in [-0.25, -0.2) is 14.8 Å². The summed E-state index contributed by atoms with van der Waals surface area (Å²) in [6, 6.07) is 7.29. The molecule has 1 aliphatic rings. The van der Waals surface area contributed by atoms with Crippen LogP contribution in [0.15, 0.2) is 51.3 Å². The van der Waals surface area contributed by atoms with Crippen LogP contribution in [-0.4, -0.2) is 43.0 Å². The minimum absolute atomic E-state index is 0.0712. The number of thiazole rings is 1. The van der Waals surface area contributed by atoms with E-state index >= 15 is 0 Å². The molecule has 0 aliphatic carbocycles. The molecule has 4 aromatic rings. The molecule has 0 spiro atoms. The number of benzene rings is 1. The van der Waals surface area contributed by atoms with E-state index in [1.54, 1.807) is 17.4 Å². The Morgan fingerprint density at radius 1 is 1.25 bits per heavy atom. The van der Waals surface area contributed by atoms with Crippen LogP contribution in [0.1, 0.15) is 41.7 Å². The van der Waals surface area contributed by atoms with Crippen molar-refractivity contribution in [2.45, 2.75) is 45.2 Å². The van der Waals surface area contributed by atoms with Gasteiger partial charge in [-0.15, -0.1) is 11.3 Å². The zero-order valence-electron chi connectivity index (χ0n) is 17.9. The van der Waals surface area contributed by atoms with Gasteiger partial charge in [-0.3, -0.25) is 9.36 Å². The summed E-state index contributed by atoms with van der Waals surface area (Å²) in [5.74, 6) is 1.05. The Bertz CT molecular complexity index is 1290. The number of piperidine rings is 1. The molecule has 0 atom stereocenters. The average Bonchev–Trinajstić information content (AvgIpc) is 3.51. The van der Waals surface area contributed by atoms with Gasteiger partial charge in [0, 0.05) is 49.7 Å². The van der Waals surface area contributed by atoms with Crippen LogP contribution in [0, 0.1) is 6.92 Å². The minimum Gasteiger partial charge on any atom is -0.408 e. The Labute approximate surface area is 189 Å². The first kappa shape index (κ1) is 20.7. The number of carbonyl (C=O) groups excluding carboxylic acids is 1. The van der Waals surface area contributed by atoms with E-state index in [1.165, 1.54) is 4.57 Å². The van der Waals surface area contributed by atoms with E-state index in [1.807, 2.05) is 42.4 Å². The quantitative estimate of drug-likeness (QED) is 0.448. The summed E-state index contributed by atoms with van der Waals surface area (Å²) in [7, 11) is 0. The van der Waals surface area contributed by atoms with Crippen LogP contribution in [-0.2, 0) is 17.9 Å². The van der Waals surface area contributed by atoms with Gasteiger partial charge in [-0.2, -0.15) is 0 Å². The number of aryl methyl sites for hydroxylation is 2. The molecule has 4 heterocycles. The number of amides is 1. The lowest BCUT2D eigenvalue weighted by Gasteiger charge is -2.32. The molecule has 5 rings (SSSR count). The lowest BCUT2D eigenvalue weighted by Crippen LogP contribution is -2.39. The number of likely N-dealkylation sites (tertiary alicyclic amines) is 1. The molecule has 0 radical (unpaired) electrons. The fourth-order valence-corrected chi connectivity index (χ4v) is 5.05. The normalized spacial score (nSPS) is 15.0. The van der Waals surface area contributed by atoms with Gasteiger partial charge in [-0.1, -0.05) is 12.1 Å². The Kier molecular flexibility index (Phi) is 5.65. The largest absolute Gasteiger partial charge is 0.419 e. The molecule has 1 aliphatic heterocycles. The van der Waals surface area contributed by atoms with Gasteiger partial charge >= 0.3 is 5.76 Å². The van der Waals surface area contributed by atoms with Crippen molar-refractivity contribution in [2.24, 2.45) is 0 Å². The summed E-state index contributed by atoms with van der Waals surface area (Å²) in [6.07, 6.45) is 5.90. The Morgan fingerprint density at radius 3 is 2.84 bits per heavy atom. The molecule has 0 saturated carbocycles. The standard InChI is InChI=1S/C23H25N5O3S/c1-16-25-18(15-32-16)14-27-13-9-24-22(27)17-6-10-26(11-7-17)21(29)8-12-28-19-4-2-3-5-20(19)31-23(28)30/h2-5,9,13,15,17H,6-8,10-12,14H2,1H3. The van der Waals surface area contributed by atoms with Gasteiger partial charge in [0.05, 0.1) is 22.8 Å². The second kappa shape index (κ2) is 8.74. The molecular weight excluding hydrogens is 426 g/mol. The number of para-hydroxylation sites is 2. The fourth-order valence-electron chi connectivity index (χ4n) is 4.45. The average molecular weight is 452 g/mol. The van der Waals surface area contributed by atoms with Crippen molar-refractivity contribution < 1.29 is 9.21 Å². The van der Waals surface area contributed by atoms with Crippen molar-refractivity contribution in [3.63, 3.8) is 0 Å². The molecule has 1 aromatic carbocycles. The number of aromatic nitrogens is 4. The van der Waals surface area contributed by atoms with Gasteiger partial charge in [0.2, 0.25) is 5.91 Å². The number of imidazole rings is 1. The van der Waals surface area contributed by atoms with Gasteiger partial charge in [0.1, 0.15) is 5.82 Å². The highest BCUT2D eigenvalue weighted by atomic mass is 32.1. The first-order valence-electron chi connectivity index (χ1n) is 10.9. The van der Waals surface area contributed by atoms with Crippen LogP contribution < -0.4 is 5.76 Å². The molecule has 166 valence electrons. The van der Waals surface area contributed by atoms with Crippen molar-refractivity contribution in [3.05, 3.63) is 69.1 Å². The van der Waals surface area contributed by atoms with Crippen molar-refractivity contribution >= 4 is 28.3 Å². The van der Waals surface area contributed by atoms with Crippen LogP contribution in [0.2, 0.25) is 0 Å². The summed E-state index contributed by atoms with van der Waals surface area (Å²) in [6.45, 7) is 4.47. The van der Waals surface area contributed by atoms with Crippen molar-refractivity contribution in [3.8, 4) is 0 Å². The SMILES string of the molecule is Cc1nc(Cn2ccnc2C2CCN(C(=O)CCn3c(=O)oc4ccccc43)CC2)cs1. The van der Waals surface area contributed by atoms with E-state index in [4.69, 9.17) is 4.42 Å². The first-order valence-corrected chi connectivity index (χ1v) is 11.7. The van der Waals surface area contributed by atoms with Crippen LogP contribution >= 0.6 is 11.3 Å². The number of carbonyl (C=O) groups is 1. The highest BCUT2D eigenvalue weighted by Gasteiger charge is 2.26. The smallest absolute Gasteiger partial charge is 0.408 e. The summed E-state index contributed by atoms with van der Waals surface area (Å²) < 4.78 is 8.97. The maximum absolute atomic E-state index is 12.8. The van der Waals surface area contributed by atoms with Crippen molar-refractivity contribution in [1.82, 2.24) is 24.0 Å². The molecule has 1 amide bonds. The molecular formula is C23H25N5O3S. The van der Waals surface area contributed by atoms with E-state index in [0.717, 1.165) is 41.4 Å². The lowest BCUT2D eigenvalue weighted by atomic mass is 9.95. The molecule has 0 unspecified atom stereocenters. The highest BCUT2D eigenvalue weighted by Crippen LogP contribution is 2.28. The number of fused-ring (bicyclic) bond motifs is 1. The summed E-state index contributed by atoms with van der Waals surface area (Å²) in [4.78, 5) is 36.0. The third-order valence-corrected chi connectivity index (χ3v) is 6.90. The van der Waals surface area contributed by atoms with Crippen LogP contribution in [0.4, 0.5) is 0 Å². The number of nitrogens with zero attached hydrogens (tertiary/aromatic N) is 5. The summed E-state index contributed by atoms with van der Waals surface area (Å²) >= 11 is 1.66. The number of hydrogen-bond donors (Lipinski definition) is 0. The Balaban J connectivity index is 1.18. The third-order valence-electron chi connectivity index (χ3n) is 6.08. The molecule has 1 saturated heterocycles. The van der Waals surface area contributed by atoms with E-state index in [9.17, 15) is 9.59 Å². The second-order valence-corrected chi connectivity index (χ2v) is 9.23. The topological polar surface area (TPSA) is 86.2 Å². The van der Waals surface area contributed by atoms with Gasteiger partial charge in [0.15, 0.2) is 5.58 Å². The molecule has 3 aromatic heterocycles. The Morgan fingerprint density at radius 2 is 2.06 bits per heavy atom. The third kappa shape index (κ3) is 4.12. The van der Waals surface area contributed by atoms with Crippen LogP contribution in [0.5, 0.6) is 0 Å². The van der Waals surface area contributed by atoms with Crippen LogP contribution in [0.25, 0.3) is 11.1 Å². The monoisotopic (exact) mass is 451 g/mol. The summed E-state index contributed by atoms with van der Waals surface area (Å²) in [5, 5.41) is 3.16. The predicted octanol–water partition coefficient (Wildman–Crippen LogP) is 3.40. The molecule has 1 fully saturated rings. The molecule has 32 heavy (non-hydrogen) atoms. The predicted molar refractivity (Wildman–Crippen MR) is 122 cm³/mol. The molecule has 9 heteroatoms. The van der Waals surface area contributed by atoms with E-state index < -0.39 is 5.76 Å². The second-order valence-electron chi connectivity index (χ2n) is 8.16. The lowest BCUT2D eigenvalue weighted by molar-refractivity contribution is -0.132. The summed E-state index contributed by atoms with van der Waals surface area (Å²) in [5.41, 5.74) is 2.33.